The number of ether oxygens (including phenoxy) is 1. The van der Waals surface area contributed by atoms with E-state index in [0.29, 0.717) is 6.01 Å². The summed E-state index contributed by atoms with van der Waals surface area (Å²) in [4.78, 5) is 10.7. The Kier molecular flexibility index (Phi) is 4.28. The standard InChI is InChI=1S/C15H16BrN3O/c16-13-8-17-15(18-9-13)20-14-6-7-19(11-14)10-12-4-2-1-3-5-12/h1-5,8-9,14H,6-7,10-11H2. The minimum Gasteiger partial charge on any atom is -0.459 e. The Morgan fingerprint density at radius 3 is 2.70 bits per heavy atom. The van der Waals surface area contributed by atoms with E-state index in [4.69, 9.17) is 4.74 Å². The normalized spacial score (nSPS) is 19.1. The maximum absolute atomic E-state index is 5.81. The topological polar surface area (TPSA) is 38.2 Å². The lowest BCUT2D eigenvalue weighted by Crippen LogP contribution is -2.25. The molecule has 20 heavy (non-hydrogen) atoms. The maximum Gasteiger partial charge on any atom is 0.316 e. The van der Waals surface area contributed by atoms with Crippen molar-refractivity contribution in [3.8, 4) is 6.01 Å². The van der Waals surface area contributed by atoms with Gasteiger partial charge in [-0.15, -0.1) is 0 Å². The van der Waals surface area contributed by atoms with Crippen molar-refractivity contribution in [1.29, 1.82) is 0 Å². The number of hydrogen-bond acceptors (Lipinski definition) is 4. The fourth-order valence-electron chi connectivity index (χ4n) is 2.39. The van der Waals surface area contributed by atoms with Crippen LogP contribution in [0, 0.1) is 0 Å². The monoisotopic (exact) mass is 333 g/mol. The highest BCUT2D eigenvalue weighted by Gasteiger charge is 2.24. The summed E-state index contributed by atoms with van der Waals surface area (Å²) in [6, 6.07) is 11.0. The average molecular weight is 334 g/mol. The Bertz CT molecular complexity index is 547. The first-order chi connectivity index (χ1) is 9.79. The number of rotatable bonds is 4. The summed E-state index contributed by atoms with van der Waals surface area (Å²) < 4.78 is 6.68. The Morgan fingerprint density at radius 1 is 1.20 bits per heavy atom. The molecule has 5 heteroatoms. The van der Waals surface area contributed by atoms with Gasteiger partial charge in [-0.25, -0.2) is 9.97 Å². The Balaban J connectivity index is 1.53. The molecule has 0 N–H and O–H groups in total. The van der Waals surface area contributed by atoms with Crippen LogP contribution in [0.2, 0.25) is 0 Å². The molecule has 2 aromatic rings. The van der Waals surface area contributed by atoms with Gasteiger partial charge >= 0.3 is 6.01 Å². The molecule has 1 unspecified atom stereocenters. The zero-order valence-corrected chi connectivity index (χ0v) is 12.7. The highest BCUT2D eigenvalue weighted by atomic mass is 79.9. The molecule has 1 atom stereocenters. The summed E-state index contributed by atoms with van der Waals surface area (Å²) in [7, 11) is 0. The predicted octanol–water partition coefficient (Wildman–Crippen LogP) is 2.89. The molecule has 1 aromatic heterocycles. The van der Waals surface area contributed by atoms with Crippen LogP contribution in [0.4, 0.5) is 0 Å². The van der Waals surface area contributed by atoms with E-state index in [1.165, 1.54) is 5.56 Å². The molecule has 0 spiro atoms. The van der Waals surface area contributed by atoms with Crippen molar-refractivity contribution in [1.82, 2.24) is 14.9 Å². The van der Waals surface area contributed by atoms with Gasteiger partial charge in [0, 0.05) is 32.0 Å². The second-order valence-corrected chi connectivity index (χ2v) is 5.85. The van der Waals surface area contributed by atoms with E-state index in [0.717, 1.165) is 30.5 Å². The van der Waals surface area contributed by atoms with Gasteiger partial charge in [-0.1, -0.05) is 30.3 Å². The number of halogens is 1. The number of nitrogens with zero attached hydrogens (tertiary/aromatic N) is 3. The summed E-state index contributed by atoms with van der Waals surface area (Å²) in [5, 5.41) is 0. The highest BCUT2D eigenvalue weighted by Crippen LogP contribution is 2.18. The van der Waals surface area contributed by atoms with E-state index in [9.17, 15) is 0 Å². The van der Waals surface area contributed by atoms with Gasteiger partial charge in [-0.3, -0.25) is 4.90 Å². The van der Waals surface area contributed by atoms with Gasteiger partial charge in [-0.2, -0.15) is 0 Å². The van der Waals surface area contributed by atoms with E-state index in [2.05, 4.69) is 55.1 Å². The smallest absolute Gasteiger partial charge is 0.316 e. The SMILES string of the molecule is Brc1cnc(OC2CCN(Cc3ccccc3)C2)nc1. The third-order valence-electron chi connectivity index (χ3n) is 3.35. The second kappa shape index (κ2) is 6.33. The third-order valence-corrected chi connectivity index (χ3v) is 3.76. The van der Waals surface area contributed by atoms with E-state index in [1.807, 2.05) is 6.07 Å². The van der Waals surface area contributed by atoms with Gasteiger partial charge in [0.05, 0.1) is 4.47 Å². The fourth-order valence-corrected chi connectivity index (χ4v) is 2.59. The lowest BCUT2D eigenvalue weighted by Gasteiger charge is -2.16. The molecule has 0 saturated carbocycles. The van der Waals surface area contributed by atoms with Gasteiger partial charge in [-0.05, 0) is 27.9 Å². The van der Waals surface area contributed by atoms with Crippen LogP contribution in [0.15, 0.2) is 47.2 Å². The minimum atomic E-state index is 0.180. The van der Waals surface area contributed by atoms with Crippen molar-refractivity contribution in [2.45, 2.75) is 19.1 Å². The third kappa shape index (κ3) is 3.55. The van der Waals surface area contributed by atoms with Crippen LogP contribution >= 0.6 is 15.9 Å². The Hall–Kier alpha value is -1.46. The van der Waals surface area contributed by atoms with Gasteiger partial charge in [0.25, 0.3) is 0 Å². The van der Waals surface area contributed by atoms with Crippen LogP contribution in [0.3, 0.4) is 0 Å². The zero-order chi connectivity index (χ0) is 13.8. The average Bonchev–Trinajstić information content (AvgIpc) is 2.90. The molecular weight excluding hydrogens is 318 g/mol. The maximum atomic E-state index is 5.81. The first-order valence-electron chi connectivity index (χ1n) is 6.70. The zero-order valence-electron chi connectivity index (χ0n) is 11.1. The van der Waals surface area contributed by atoms with Crippen molar-refractivity contribution < 1.29 is 4.74 Å². The molecule has 0 aliphatic carbocycles. The van der Waals surface area contributed by atoms with Crippen molar-refractivity contribution >= 4 is 15.9 Å². The minimum absolute atomic E-state index is 0.180. The van der Waals surface area contributed by atoms with E-state index in [-0.39, 0.29) is 6.10 Å². The quantitative estimate of drug-likeness (QED) is 0.862. The molecule has 1 aliphatic rings. The number of benzene rings is 1. The predicted molar refractivity (Wildman–Crippen MR) is 80.5 cm³/mol. The van der Waals surface area contributed by atoms with Crippen LogP contribution in [0.5, 0.6) is 6.01 Å². The van der Waals surface area contributed by atoms with Gasteiger partial charge in [0.15, 0.2) is 0 Å². The molecule has 0 amide bonds. The largest absolute Gasteiger partial charge is 0.459 e. The first-order valence-corrected chi connectivity index (χ1v) is 7.49. The fraction of sp³-hybridized carbons (Fsp3) is 0.333. The van der Waals surface area contributed by atoms with Gasteiger partial charge in [0.2, 0.25) is 0 Å². The van der Waals surface area contributed by atoms with Crippen molar-refractivity contribution in [2.24, 2.45) is 0 Å². The van der Waals surface area contributed by atoms with E-state index < -0.39 is 0 Å². The van der Waals surface area contributed by atoms with Crippen LogP contribution in [-0.4, -0.2) is 34.1 Å². The number of aromatic nitrogens is 2. The molecule has 1 aromatic carbocycles. The Morgan fingerprint density at radius 2 is 1.95 bits per heavy atom. The number of hydrogen-bond donors (Lipinski definition) is 0. The molecule has 0 radical (unpaired) electrons. The molecule has 0 bridgehead atoms. The lowest BCUT2D eigenvalue weighted by atomic mass is 10.2. The molecule has 3 rings (SSSR count). The van der Waals surface area contributed by atoms with Crippen LogP contribution in [0.25, 0.3) is 0 Å². The van der Waals surface area contributed by atoms with Crippen LogP contribution < -0.4 is 4.74 Å². The van der Waals surface area contributed by atoms with Crippen LogP contribution in [-0.2, 0) is 6.54 Å². The van der Waals surface area contributed by atoms with E-state index in [1.54, 1.807) is 12.4 Å². The molecule has 1 aliphatic heterocycles. The summed E-state index contributed by atoms with van der Waals surface area (Å²) >= 11 is 3.32. The molecule has 2 heterocycles. The first kappa shape index (κ1) is 13.5. The van der Waals surface area contributed by atoms with Crippen molar-refractivity contribution in [3.63, 3.8) is 0 Å². The van der Waals surface area contributed by atoms with Gasteiger partial charge < -0.3 is 4.74 Å². The van der Waals surface area contributed by atoms with Crippen molar-refractivity contribution in [3.05, 3.63) is 52.8 Å². The summed E-state index contributed by atoms with van der Waals surface area (Å²) in [6.07, 6.45) is 4.62. The molecule has 104 valence electrons. The van der Waals surface area contributed by atoms with E-state index >= 15 is 0 Å². The highest BCUT2D eigenvalue weighted by molar-refractivity contribution is 9.10. The molecule has 4 nitrogen and oxygen atoms in total. The Labute approximate surface area is 126 Å². The molecule has 1 saturated heterocycles. The van der Waals surface area contributed by atoms with Crippen LogP contribution in [0.1, 0.15) is 12.0 Å². The second-order valence-electron chi connectivity index (χ2n) is 4.93. The van der Waals surface area contributed by atoms with Crippen molar-refractivity contribution in [2.75, 3.05) is 13.1 Å². The molecule has 1 fully saturated rings. The summed E-state index contributed by atoms with van der Waals surface area (Å²) in [6.45, 7) is 2.95. The summed E-state index contributed by atoms with van der Waals surface area (Å²) in [5.74, 6) is 0. The van der Waals surface area contributed by atoms with Gasteiger partial charge in [0.1, 0.15) is 6.10 Å². The molecular formula is C15H16BrN3O. The lowest BCUT2D eigenvalue weighted by molar-refractivity contribution is 0.183. The summed E-state index contributed by atoms with van der Waals surface area (Å²) in [5.41, 5.74) is 1.34. The number of likely N-dealkylation sites (tertiary alicyclic amines) is 1.